The highest BCUT2D eigenvalue weighted by molar-refractivity contribution is 5.95. The number of rotatable bonds is 2. The molecule has 6 nitrogen and oxygen atoms in total. The average Bonchev–Trinajstić information content (AvgIpc) is 3.11. The summed E-state index contributed by atoms with van der Waals surface area (Å²) in [5.74, 6) is 1.77. The summed E-state index contributed by atoms with van der Waals surface area (Å²) in [5.41, 5.74) is 3.19. The van der Waals surface area contributed by atoms with E-state index in [1.165, 1.54) is 6.92 Å². The van der Waals surface area contributed by atoms with Gasteiger partial charge in [-0.1, -0.05) is 12.1 Å². The Hall–Kier alpha value is -3.02. The van der Waals surface area contributed by atoms with Crippen molar-refractivity contribution >= 4 is 22.6 Å². The normalized spacial score (nSPS) is 12.6. The summed E-state index contributed by atoms with van der Waals surface area (Å²) < 4.78 is 10.8. The highest BCUT2D eigenvalue weighted by Gasteiger charge is 2.20. The molecule has 1 amide bonds. The number of aromatic nitrogens is 2. The molecule has 0 saturated carbocycles. The third kappa shape index (κ3) is 2.05. The number of fused-ring (bicyclic) bond motifs is 2. The minimum atomic E-state index is -0.156. The van der Waals surface area contributed by atoms with Gasteiger partial charge in [-0.3, -0.25) is 4.79 Å². The first-order valence-electron chi connectivity index (χ1n) is 6.87. The number of nitrogens with zero attached hydrogens (tertiary/aromatic N) is 1. The number of imidazole rings is 1. The summed E-state index contributed by atoms with van der Waals surface area (Å²) in [6.07, 6.45) is 0. The number of hydrogen-bond acceptors (Lipinski definition) is 4. The number of aromatic amines is 1. The standard InChI is InChI=1S/C16H13N3O3/c1-9(20)17-13-7-15-14(21-8-22-15)6-10(13)16-18-11-4-2-3-5-12(11)19-16/h2-7H,8H2,1H3,(H,17,20)(H,18,19). The predicted molar refractivity (Wildman–Crippen MR) is 82.0 cm³/mol. The number of hydrogen-bond donors (Lipinski definition) is 2. The van der Waals surface area contributed by atoms with Gasteiger partial charge in [0.2, 0.25) is 12.7 Å². The van der Waals surface area contributed by atoms with Crippen molar-refractivity contribution in [3.63, 3.8) is 0 Å². The Morgan fingerprint density at radius 3 is 2.77 bits per heavy atom. The van der Waals surface area contributed by atoms with Crippen molar-refractivity contribution in [2.45, 2.75) is 6.92 Å². The lowest BCUT2D eigenvalue weighted by molar-refractivity contribution is -0.114. The number of ether oxygens (including phenoxy) is 2. The van der Waals surface area contributed by atoms with Crippen molar-refractivity contribution in [1.29, 1.82) is 0 Å². The minimum Gasteiger partial charge on any atom is -0.454 e. The Morgan fingerprint density at radius 1 is 1.23 bits per heavy atom. The Bertz CT molecular complexity index is 852. The largest absolute Gasteiger partial charge is 0.454 e. The number of anilines is 1. The van der Waals surface area contributed by atoms with Gasteiger partial charge in [-0.2, -0.15) is 0 Å². The van der Waals surface area contributed by atoms with Crippen LogP contribution in [0.2, 0.25) is 0 Å². The van der Waals surface area contributed by atoms with E-state index in [1.807, 2.05) is 30.3 Å². The van der Waals surface area contributed by atoms with Crippen LogP contribution in [0.1, 0.15) is 6.92 Å². The maximum atomic E-state index is 11.5. The van der Waals surface area contributed by atoms with E-state index >= 15 is 0 Å². The highest BCUT2D eigenvalue weighted by Crippen LogP contribution is 2.40. The van der Waals surface area contributed by atoms with Gasteiger partial charge >= 0.3 is 0 Å². The summed E-state index contributed by atoms with van der Waals surface area (Å²) in [6, 6.07) is 11.3. The van der Waals surface area contributed by atoms with E-state index < -0.39 is 0 Å². The smallest absolute Gasteiger partial charge is 0.231 e. The topological polar surface area (TPSA) is 76.2 Å². The van der Waals surface area contributed by atoms with Gasteiger partial charge in [0.1, 0.15) is 5.82 Å². The molecule has 2 aromatic carbocycles. The number of carbonyl (C=O) groups excluding carboxylic acids is 1. The molecule has 0 atom stereocenters. The molecule has 0 saturated heterocycles. The van der Waals surface area contributed by atoms with E-state index in [0.717, 1.165) is 16.6 Å². The molecule has 0 radical (unpaired) electrons. The molecular weight excluding hydrogens is 282 g/mol. The number of H-pyrrole nitrogens is 1. The first-order chi connectivity index (χ1) is 10.7. The molecule has 0 bridgehead atoms. The molecule has 4 rings (SSSR count). The zero-order chi connectivity index (χ0) is 15.1. The van der Waals surface area contributed by atoms with Gasteiger partial charge in [-0.15, -0.1) is 0 Å². The number of nitrogens with one attached hydrogen (secondary N) is 2. The van der Waals surface area contributed by atoms with Gasteiger partial charge in [0.25, 0.3) is 0 Å². The van der Waals surface area contributed by atoms with Crippen LogP contribution in [0.25, 0.3) is 22.4 Å². The zero-order valence-corrected chi connectivity index (χ0v) is 11.8. The number of benzene rings is 2. The monoisotopic (exact) mass is 295 g/mol. The Balaban J connectivity index is 1.90. The molecule has 1 aliphatic rings. The van der Waals surface area contributed by atoms with Crippen LogP contribution in [0, 0.1) is 0 Å². The number of para-hydroxylation sites is 2. The third-order valence-corrected chi connectivity index (χ3v) is 3.47. The van der Waals surface area contributed by atoms with Gasteiger partial charge in [0.05, 0.1) is 16.7 Å². The van der Waals surface area contributed by atoms with Gasteiger partial charge < -0.3 is 19.8 Å². The average molecular weight is 295 g/mol. The third-order valence-electron chi connectivity index (χ3n) is 3.47. The molecule has 110 valence electrons. The predicted octanol–water partition coefficient (Wildman–Crippen LogP) is 2.92. The fourth-order valence-corrected chi connectivity index (χ4v) is 2.51. The summed E-state index contributed by atoms with van der Waals surface area (Å²) in [6.45, 7) is 1.64. The van der Waals surface area contributed by atoms with Crippen LogP contribution in [0.4, 0.5) is 5.69 Å². The number of carbonyl (C=O) groups is 1. The van der Waals surface area contributed by atoms with E-state index in [9.17, 15) is 4.79 Å². The van der Waals surface area contributed by atoms with Crippen molar-refractivity contribution in [3.8, 4) is 22.9 Å². The molecule has 1 aromatic heterocycles. The van der Waals surface area contributed by atoms with Crippen molar-refractivity contribution in [2.24, 2.45) is 0 Å². The highest BCUT2D eigenvalue weighted by atomic mass is 16.7. The molecule has 2 heterocycles. The quantitative estimate of drug-likeness (QED) is 0.762. The molecule has 22 heavy (non-hydrogen) atoms. The second-order valence-corrected chi connectivity index (χ2v) is 5.03. The molecule has 0 unspecified atom stereocenters. The molecule has 0 spiro atoms. The SMILES string of the molecule is CC(=O)Nc1cc2c(cc1-c1nc3ccccc3[nH]1)OCO2. The summed E-state index contributed by atoms with van der Waals surface area (Å²) >= 11 is 0. The van der Waals surface area contributed by atoms with E-state index in [2.05, 4.69) is 15.3 Å². The van der Waals surface area contributed by atoms with Crippen LogP contribution < -0.4 is 14.8 Å². The van der Waals surface area contributed by atoms with Crippen LogP contribution in [-0.2, 0) is 4.79 Å². The van der Waals surface area contributed by atoms with Gasteiger partial charge in [-0.05, 0) is 18.2 Å². The summed E-state index contributed by atoms with van der Waals surface area (Å²) in [7, 11) is 0. The van der Waals surface area contributed by atoms with Crippen molar-refractivity contribution in [3.05, 3.63) is 36.4 Å². The van der Waals surface area contributed by atoms with E-state index in [1.54, 1.807) is 6.07 Å². The Kier molecular flexibility index (Phi) is 2.75. The summed E-state index contributed by atoms with van der Waals surface area (Å²) in [5, 5.41) is 2.81. The lowest BCUT2D eigenvalue weighted by Crippen LogP contribution is -2.07. The summed E-state index contributed by atoms with van der Waals surface area (Å²) in [4.78, 5) is 19.3. The van der Waals surface area contributed by atoms with E-state index in [-0.39, 0.29) is 12.7 Å². The van der Waals surface area contributed by atoms with Crippen LogP contribution in [0.5, 0.6) is 11.5 Å². The zero-order valence-electron chi connectivity index (χ0n) is 11.8. The van der Waals surface area contributed by atoms with E-state index in [0.29, 0.717) is 23.0 Å². The fourth-order valence-electron chi connectivity index (χ4n) is 2.51. The second-order valence-electron chi connectivity index (χ2n) is 5.03. The molecule has 0 fully saturated rings. The minimum absolute atomic E-state index is 0.156. The van der Waals surface area contributed by atoms with Crippen molar-refractivity contribution in [2.75, 3.05) is 12.1 Å². The molecule has 3 aromatic rings. The molecule has 6 heteroatoms. The van der Waals surface area contributed by atoms with Crippen LogP contribution in [0.15, 0.2) is 36.4 Å². The first kappa shape index (κ1) is 12.7. The van der Waals surface area contributed by atoms with E-state index in [4.69, 9.17) is 9.47 Å². The number of amides is 1. The van der Waals surface area contributed by atoms with Crippen molar-refractivity contribution < 1.29 is 14.3 Å². The van der Waals surface area contributed by atoms with Crippen LogP contribution in [0.3, 0.4) is 0 Å². The Morgan fingerprint density at radius 2 is 2.00 bits per heavy atom. The van der Waals surface area contributed by atoms with Gasteiger partial charge in [0.15, 0.2) is 11.5 Å². The maximum Gasteiger partial charge on any atom is 0.231 e. The van der Waals surface area contributed by atoms with Gasteiger partial charge in [0, 0.05) is 18.6 Å². The first-order valence-corrected chi connectivity index (χ1v) is 6.87. The van der Waals surface area contributed by atoms with Gasteiger partial charge in [-0.25, -0.2) is 4.98 Å². The maximum absolute atomic E-state index is 11.5. The lowest BCUT2D eigenvalue weighted by Gasteiger charge is -2.09. The molecule has 2 N–H and O–H groups in total. The van der Waals surface area contributed by atoms with Crippen LogP contribution >= 0.6 is 0 Å². The van der Waals surface area contributed by atoms with Crippen LogP contribution in [-0.4, -0.2) is 22.7 Å². The molecule has 0 aliphatic carbocycles. The fraction of sp³-hybridized carbons (Fsp3) is 0.125. The lowest BCUT2D eigenvalue weighted by atomic mass is 10.1. The molecular formula is C16H13N3O3. The Labute approximate surface area is 126 Å². The second kappa shape index (κ2) is 4.77. The van der Waals surface area contributed by atoms with Crippen molar-refractivity contribution in [1.82, 2.24) is 9.97 Å². The molecule has 1 aliphatic heterocycles.